The average molecular weight is 697 g/mol. The number of benzene rings is 8. The van der Waals surface area contributed by atoms with E-state index in [1.165, 1.54) is 38.9 Å². The second kappa shape index (κ2) is 16.4. The second-order valence-corrected chi connectivity index (χ2v) is 13.7. The third-order valence-electron chi connectivity index (χ3n) is 10.0. The van der Waals surface area contributed by atoms with Crippen LogP contribution in [0.1, 0.15) is 25.3 Å². The number of rotatable bonds is 12. The summed E-state index contributed by atoms with van der Waals surface area (Å²) in [7, 11) is 0. The molecule has 0 fully saturated rings. The summed E-state index contributed by atoms with van der Waals surface area (Å²) >= 11 is 0. The Morgan fingerprint density at radius 1 is 0.407 bits per heavy atom. The number of anilines is 5. The zero-order chi connectivity index (χ0) is 36.5. The quantitative estimate of drug-likeness (QED) is 0.137. The van der Waals surface area contributed by atoms with Crippen LogP contribution >= 0.6 is 0 Å². The predicted octanol–water partition coefficient (Wildman–Crippen LogP) is 14.9. The highest BCUT2D eigenvalue weighted by molar-refractivity contribution is 5.98. The Balaban J connectivity index is 1.37. The normalized spacial score (nSPS) is 10.9. The van der Waals surface area contributed by atoms with Gasteiger partial charge in [0.1, 0.15) is 0 Å². The van der Waals surface area contributed by atoms with Gasteiger partial charge in [-0.05, 0) is 71.0 Å². The van der Waals surface area contributed by atoms with E-state index in [9.17, 15) is 0 Å². The summed E-state index contributed by atoms with van der Waals surface area (Å²) in [5.74, 6) is 0. The molecule has 1 N–H and O–H groups in total. The van der Waals surface area contributed by atoms with E-state index >= 15 is 0 Å². The first-order valence-corrected chi connectivity index (χ1v) is 19.0. The molecule has 0 aliphatic rings. The molecule has 0 saturated carbocycles. The standard InChI is InChI=1S/C52H44N2/c1-2-3-21-39-36-44(53-51-47(40-22-9-4-10-23-40)32-19-33-48(51)41-24-11-5-12-25-41)38-46(37-39)54(45-30-17-8-18-31-45)52-49(42-26-13-6-14-27-42)34-20-35-50(52)43-28-15-7-16-29-43/h4-20,22-38,53H,2-3,21H2,1H3. The first-order chi connectivity index (χ1) is 26.8. The molecule has 0 heterocycles. The monoisotopic (exact) mass is 696 g/mol. The summed E-state index contributed by atoms with van der Waals surface area (Å²) in [4.78, 5) is 2.46. The molecule has 0 radical (unpaired) electrons. The minimum absolute atomic E-state index is 0.986. The smallest absolute Gasteiger partial charge is 0.0618 e. The minimum Gasteiger partial charge on any atom is -0.354 e. The highest BCUT2D eigenvalue weighted by atomic mass is 15.1. The van der Waals surface area contributed by atoms with E-state index in [1.54, 1.807) is 0 Å². The Kier molecular flexibility index (Phi) is 10.4. The SMILES string of the molecule is CCCCc1cc(Nc2c(-c3ccccc3)cccc2-c2ccccc2)cc(N(c2ccccc2)c2c(-c3ccccc3)cccc2-c2ccccc2)c1. The fraction of sp³-hybridized carbons (Fsp3) is 0.0769. The van der Waals surface area contributed by atoms with Gasteiger partial charge in [-0.1, -0.05) is 189 Å². The molecule has 8 aromatic carbocycles. The van der Waals surface area contributed by atoms with Crippen LogP contribution < -0.4 is 10.2 Å². The summed E-state index contributed by atoms with van der Waals surface area (Å²) in [6.45, 7) is 2.27. The number of hydrogen-bond acceptors (Lipinski definition) is 2. The lowest BCUT2D eigenvalue weighted by molar-refractivity contribution is 0.795. The predicted molar refractivity (Wildman–Crippen MR) is 231 cm³/mol. The molecule has 2 heteroatoms. The van der Waals surface area contributed by atoms with E-state index in [0.717, 1.165) is 58.8 Å². The topological polar surface area (TPSA) is 15.3 Å². The van der Waals surface area contributed by atoms with Crippen LogP contribution in [0.4, 0.5) is 28.4 Å². The molecule has 0 aliphatic heterocycles. The molecule has 54 heavy (non-hydrogen) atoms. The zero-order valence-electron chi connectivity index (χ0n) is 30.7. The van der Waals surface area contributed by atoms with Gasteiger partial charge in [-0.15, -0.1) is 0 Å². The Labute approximate surface area is 320 Å². The Morgan fingerprint density at radius 2 is 0.833 bits per heavy atom. The molecule has 0 aliphatic carbocycles. The van der Waals surface area contributed by atoms with Crippen molar-refractivity contribution in [1.82, 2.24) is 0 Å². The fourth-order valence-electron chi connectivity index (χ4n) is 7.42. The third kappa shape index (κ3) is 7.46. The fourth-order valence-corrected chi connectivity index (χ4v) is 7.42. The molecule has 0 spiro atoms. The van der Waals surface area contributed by atoms with Gasteiger partial charge >= 0.3 is 0 Å². The van der Waals surface area contributed by atoms with Crippen molar-refractivity contribution >= 4 is 28.4 Å². The van der Waals surface area contributed by atoms with Crippen LogP contribution in [0.3, 0.4) is 0 Å². The molecule has 0 bridgehead atoms. The summed E-state index contributed by atoms with van der Waals surface area (Å²) in [5.41, 5.74) is 16.2. The van der Waals surface area contributed by atoms with Gasteiger partial charge in [-0.3, -0.25) is 0 Å². The van der Waals surface area contributed by atoms with Crippen LogP contribution in [0.25, 0.3) is 44.5 Å². The van der Waals surface area contributed by atoms with Gasteiger partial charge in [0.25, 0.3) is 0 Å². The Hall–Kier alpha value is -6.64. The summed E-state index contributed by atoms with van der Waals surface area (Å²) in [5, 5.41) is 4.02. The number of nitrogens with zero attached hydrogens (tertiary/aromatic N) is 1. The molecule has 262 valence electrons. The summed E-state index contributed by atoms with van der Waals surface area (Å²) in [6.07, 6.45) is 3.22. The van der Waals surface area contributed by atoms with Crippen molar-refractivity contribution in [3.63, 3.8) is 0 Å². The summed E-state index contributed by atoms with van der Waals surface area (Å²) in [6, 6.07) is 74.2. The molecule has 0 amide bonds. The molecule has 2 nitrogen and oxygen atoms in total. The maximum Gasteiger partial charge on any atom is 0.0618 e. The van der Waals surface area contributed by atoms with Crippen molar-refractivity contribution < 1.29 is 0 Å². The largest absolute Gasteiger partial charge is 0.354 e. The number of unbranched alkanes of at least 4 members (excludes halogenated alkanes) is 1. The van der Waals surface area contributed by atoms with Crippen molar-refractivity contribution in [2.45, 2.75) is 26.2 Å². The Morgan fingerprint density at radius 3 is 1.30 bits per heavy atom. The van der Waals surface area contributed by atoms with Gasteiger partial charge in [0.05, 0.1) is 11.4 Å². The molecule has 0 aromatic heterocycles. The van der Waals surface area contributed by atoms with E-state index in [1.807, 2.05) is 0 Å². The lowest BCUT2D eigenvalue weighted by Crippen LogP contribution is -2.13. The number of hydrogen-bond donors (Lipinski definition) is 1. The van der Waals surface area contributed by atoms with E-state index in [4.69, 9.17) is 0 Å². The number of para-hydroxylation sites is 3. The van der Waals surface area contributed by atoms with Crippen LogP contribution in [0.5, 0.6) is 0 Å². The highest BCUT2D eigenvalue weighted by Gasteiger charge is 2.23. The van der Waals surface area contributed by atoms with Crippen molar-refractivity contribution in [2.75, 3.05) is 10.2 Å². The minimum atomic E-state index is 0.986. The van der Waals surface area contributed by atoms with E-state index < -0.39 is 0 Å². The molecule has 0 unspecified atom stereocenters. The van der Waals surface area contributed by atoms with Crippen LogP contribution in [0.2, 0.25) is 0 Å². The third-order valence-corrected chi connectivity index (χ3v) is 10.0. The number of aryl methyl sites for hydroxylation is 1. The van der Waals surface area contributed by atoms with E-state index in [0.29, 0.717) is 0 Å². The molecular weight excluding hydrogens is 653 g/mol. The number of nitrogens with one attached hydrogen (secondary N) is 1. The van der Waals surface area contributed by atoms with Gasteiger partial charge in [0, 0.05) is 39.3 Å². The zero-order valence-corrected chi connectivity index (χ0v) is 30.7. The second-order valence-electron chi connectivity index (χ2n) is 13.7. The van der Waals surface area contributed by atoms with Gasteiger partial charge in [0.15, 0.2) is 0 Å². The Bertz CT molecular complexity index is 2310. The molecule has 0 saturated heterocycles. The molecule has 8 aromatic rings. The molecular formula is C52H44N2. The van der Waals surface area contributed by atoms with Gasteiger partial charge in [0.2, 0.25) is 0 Å². The first-order valence-electron chi connectivity index (χ1n) is 19.0. The van der Waals surface area contributed by atoms with Crippen molar-refractivity contribution in [1.29, 1.82) is 0 Å². The highest BCUT2D eigenvalue weighted by Crippen LogP contribution is 2.48. The van der Waals surface area contributed by atoms with Gasteiger partial charge in [-0.2, -0.15) is 0 Å². The van der Waals surface area contributed by atoms with Crippen LogP contribution in [0.15, 0.2) is 206 Å². The molecule has 8 rings (SSSR count). The van der Waals surface area contributed by atoms with Gasteiger partial charge < -0.3 is 10.2 Å². The van der Waals surface area contributed by atoms with Crippen molar-refractivity contribution in [3.8, 4) is 44.5 Å². The maximum absolute atomic E-state index is 4.02. The van der Waals surface area contributed by atoms with Crippen molar-refractivity contribution in [3.05, 3.63) is 212 Å². The van der Waals surface area contributed by atoms with Crippen LogP contribution in [-0.2, 0) is 6.42 Å². The lowest BCUT2D eigenvalue weighted by atomic mass is 9.93. The van der Waals surface area contributed by atoms with E-state index in [-0.39, 0.29) is 0 Å². The van der Waals surface area contributed by atoms with Crippen LogP contribution in [-0.4, -0.2) is 0 Å². The van der Waals surface area contributed by atoms with Crippen molar-refractivity contribution in [2.24, 2.45) is 0 Å². The van der Waals surface area contributed by atoms with E-state index in [2.05, 4.69) is 223 Å². The molecule has 0 atom stereocenters. The van der Waals surface area contributed by atoms with Crippen LogP contribution in [0, 0.1) is 0 Å². The maximum atomic E-state index is 4.02. The summed E-state index contributed by atoms with van der Waals surface area (Å²) < 4.78 is 0. The first kappa shape index (κ1) is 34.4. The lowest BCUT2D eigenvalue weighted by Gasteiger charge is -2.31. The average Bonchev–Trinajstić information content (AvgIpc) is 3.25. The van der Waals surface area contributed by atoms with Gasteiger partial charge in [-0.25, -0.2) is 0 Å².